The molecule has 2 N–H and O–H groups in total. The van der Waals surface area contributed by atoms with E-state index in [2.05, 4.69) is 31.2 Å². The largest absolute Gasteiger partial charge is 0.357 e. The summed E-state index contributed by atoms with van der Waals surface area (Å²) in [4.78, 5) is 18.7. The summed E-state index contributed by atoms with van der Waals surface area (Å²) in [5, 5.41) is 2.74. The van der Waals surface area contributed by atoms with Crippen molar-refractivity contribution in [2.24, 2.45) is 0 Å². The van der Waals surface area contributed by atoms with E-state index in [-0.39, 0.29) is 5.91 Å². The number of carbonyl (C=O) groups is 1. The first-order chi connectivity index (χ1) is 7.66. The van der Waals surface area contributed by atoms with E-state index in [1.807, 2.05) is 13.0 Å². The molecule has 2 heterocycles. The first-order valence-corrected chi connectivity index (χ1v) is 5.53. The summed E-state index contributed by atoms with van der Waals surface area (Å²) < 4.78 is 0.892. The van der Waals surface area contributed by atoms with Crippen molar-refractivity contribution in [2.75, 3.05) is 5.32 Å². The van der Waals surface area contributed by atoms with Gasteiger partial charge < -0.3 is 10.3 Å². The van der Waals surface area contributed by atoms with Crippen molar-refractivity contribution in [1.82, 2.24) is 9.97 Å². The number of nitrogens with one attached hydrogen (secondary N) is 2. The minimum absolute atomic E-state index is 0.192. The monoisotopic (exact) mass is 279 g/mol. The molecular weight excluding hydrogens is 270 g/mol. The molecule has 0 spiro atoms. The van der Waals surface area contributed by atoms with E-state index in [9.17, 15) is 4.79 Å². The summed E-state index contributed by atoms with van der Waals surface area (Å²) in [6.07, 6.45) is 3.36. The fraction of sp³-hybridized carbons (Fsp3) is 0.0909. The number of hydrogen-bond donors (Lipinski definition) is 2. The van der Waals surface area contributed by atoms with E-state index < -0.39 is 0 Å². The van der Waals surface area contributed by atoms with E-state index >= 15 is 0 Å². The van der Waals surface area contributed by atoms with E-state index in [0.717, 1.165) is 10.0 Å². The van der Waals surface area contributed by atoms with Gasteiger partial charge in [0.2, 0.25) is 0 Å². The average molecular weight is 280 g/mol. The lowest BCUT2D eigenvalue weighted by Crippen LogP contribution is -2.14. The number of H-pyrrole nitrogens is 1. The molecule has 4 nitrogen and oxygen atoms in total. The Kier molecular flexibility index (Phi) is 3.05. The normalized spacial score (nSPS) is 10.1. The van der Waals surface area contributed by atoms with Crippen molar-refractivity contribution in [3.63, 3.8) is 0 Å². The third-order valence-corrected chi connectivity index (χ3v) is 2.55. The third kappa shape index (κ3) is 2.30. The van der Waals surface area contributed by atoms with Crippen LogP contribution in [0.5, 0.6) is 0 Å². The lowest BCUT2D eigenvalue weighted by atomic mass is 10.3. The number of carbonyl (C=O) groups excluding carboxylic acids is 1. The SMILES string of the molecule is Cc1cc(Br)cnc1NC(=O)c1ccc[nH]1. The maximum atomic E-state index is 11.7. The van der Waals surface area contributed by atoms with Gasteiger partial charge in [0, 0.05) is 16.9 Å². The zero-order valence-corrected chi connectivity index (χ0v) is 10.2. The van der Waals surface area contributed by atoms with Gasteiger partial charge in [0.05, 0.1) is 0 Å². The van der Waals surface area contributed by atoms with Crippen LogP contribution in [0.1, 0.15) is 16.1 Å². The smallest absolute Gasteiger partial charge is 0.273 e. The molecule has 0 radical (unpaired) electrons. The van der Waals surface area contributed by atoms with Crippen LogP contribution in [0.15, 0.2) is 35.1 Å². The zero-order chi connectivity index (χ0) is 11.5. The van der Waals surface area contributed by atoms with Gasteiger partial charge in [-0.05, 0) is 46.6 Å². The van der Waals surface area contributed by atoms with Crippen LogP contribution in [0.2, 0.25) is 0 Å². The van der Waals surface area contributed by atoms with Gasteiger partial charge >= 0.3 is 0 Å². The third-order valence-electron chi connectivity index (χ3n) is 2.12. The Bertz CT molecular complexity index is 508. The molecule has 16 heavy (non-hydrogen) atoms. The van der Waals surface area contributed by atoms with Crippen LogP contribution in [-0.4, -0.2) is 15.9 Å². The number of aromatic amines is 1. The van der Waals surface area contributed by atoms with Crippen molar-refractivity contribution < 1.29 is 4.79 Å². The van der Waals surface area contributed by atoms with E-state index in [1.165, 1.54) is 0 Å². The second-order valence-corrected chi connectivity index (χ2v) is 4.27. The van der Waals surface area contributed by atoms with Gasteiger partial charge in [-0.2, -0.15) is 0 Å². The van der Waals surface area contributed by atoms with E-state index in [0.29, 0.717) is 11.5 Å². The highest BCUT2D eigenvalue weighted by molar-refractivity contribution is 9.10. The van der Waals surface area contributed by atoms with Gasteiger partial charge in [-0.3, -0.25) is 4.79 Å². The maximum absolute atomic E-state index is 11.7. The summed E-state index contributed by atoms with van der Waals surface area (Å²) in [7, 11) is 0. The van der Waals surface area contributed by atoms with Crippen molar-refractivity contribution >= 4 is 27.7 Å². The van der Waals surface area contributed by atoms with Gasteiger partial charge in [0.25, 0.3) is 5.91 Å². The van der Waals surface area contributed by atoms with Gasteiger partial charge in [0.15, 0.2) is 0 Å². The topological polar surface area (TPSA) is 57.8 Å². The number of halogens is 1. The van der Waals surface area contributed by atoms with Crippen LogP contribution in [0.4, 0.5) is 5.82 Å². The second-order valence-electron chi connectivity index (χ2n) is 3.36. The molecule has 5 heteroatoms. The van der Waals surface area contributed by atoms with E-state index in [1.54, 1.807) is 24.5 Å². The average Bonchev–Trinajstić information content (AvgIpc) is 2.75. The maximum Gasteiger partial charge on any atom is 0.273 e. The highest BCUT2D eigenvalue weighted by Crippen LogP contribution is 2.17. The Hall–Kier alpha value is -1.62. The number of anilines is 1. The number of pyridine rings is 1. The van der Waals surface area contributed by atoms with Crippen LogP contribution < -0.4 is 5.32 Å². The van der Waals surface area contributed by atoms with Crippen LogP contribution in [0.3, 0.4) is 0 Å². The number of nitrogens with zero attached hydrogens (tertiary/aromatic N) is 1. The molecule has 2 rings (SSSR count). The van der Waals surface area contributed by atoms with Crippen molar-refractivity contribution in [3.8, 4) is 0 Å². The molecule has 0 aliphatic heterocycles. The predicted molar refractivity (Wildman–Crippen MR) is 65.4 cm³/mol. The lowest BCUT2D eigenvalue weighted by Gasteiger charge is -2.06. The molecule has 0 fully saturated rings. The minimum Gasteiger partial charge on any atom is -0.357 e. The summed E-state index contributed by atoms with van der Waals surface area (Å²) in [6.45, 7) is 1.89. The molecule has 2 aromatic rings. The number of aryl methyl sites for hydroxylation is 1. The summed E-state index contributed by atoms with van der Waals surface area (Å²) >= 11 is 3.32. The standard InChI is InChI=1S/C11H10BrN3O/c1-7-5-8(12)6-14-10(7)15-11(16)9-3-2-4-13-9/h2-6,13H,1H3,(H,14,15,16). The fourth-order valence-corrected chi connectivity index (χ4v) is 1.76. The molecule has 1 amide bonds. The minimum atomic E-state index is -0.192. The molecule has 0 saturated heterocycles. The van der Waals surface area contributed by atoms with Gasteiger partial charge in [-0.25, -0.2) is 4.98 Å². The second kappa shape index (κ2) is 4.49. The Morgan fingerprint density at radius 3 is 3.00 bits per heavy atom. The highest BCUT2D eigenvalue weighted by Gasteiger charge is 2.08. The van der Waals surface area contributed by atoms with Crippen molar-refractivity contribution in [1.29, 1.82) is 0 Å². The van der Waals surface area contributed by atoms with Crippen LogP contribution in [0.25, 0.3) is 0 Å². The summed E-state index contributed by atoms with van der Waals surface area (Å²) in [5.74, 6) is 0.380. The molecule has 0 saturated carbocycles. The van der Waals surface area contributed by atoms with Crippen LogP contribution >= 0.6 is 15.9 Å². The van der Waals surface area contributed by atoms with Crippen molar-refractivity contribution in [2.45, 2.75) is 6.92 Å². The quantitative estimate of drug-likeness (QED) is 0.888. The Morgan fingerprint density at radius 1 is 1.56 bits per heavy atom. The number of aromatic nitrogens is 2. The molecule has 82 valence electrons. The fourth-order valence-electron chi connectivity index (χ4n) is 1.32. The molecule has 0 unspecified atom stereocenters. The highest BCUT2D eigenvalue weighted by atomic mass is 79.9. The van der Waals surface area contributed by atoms with Crippen LogP contribution in [-0.2, 0) is 0 Å². The molecule has 0 aliphatic carbocycles. The first kappa shape index (κ1) is 10.9. The summed E-state index contributed by atoms with van der Waals surface area (Å²) in [5.41, 5.74) is 1.43. The molecule has 0 aliphatic rings. The summed E-state index contributed by atoms with van der Waals surface area (Å²) in [6, 6.07) is 5.39. The molecule has 0 atom stereocenters. The molecule has 0 bridgehead atoms. The van der Waals surface area contributed by atoms with E-state index in [4.69, 9.17) is 0 Å². The molecular formula is C11H10BrN3O. The van der Waals surface area contributed by atoms with Crippen LogP contribution in [0, 0.1) is 6.92 Å². The predicted octanol–water partition coefficient (Wildman–Crippen LogP) is 2.73. The van der Waals surface area contributed by atoms with Crippen molar-refractivity contribution in [3.05, 3.63) is 46.3 Å². The lowest BCUT2D eigenvalue weighted by molar-refractivity contribution is 0.102. The number of hydrogen-bond acceptors (Lipinski definition) is 2. The molecule has 2 aromatic heterocycles. The Morgan fingerprint density at radius 2 is 2.38 bits per heavy atom. The Labute approximate surface area is 101 Å². The van der Waals surface area contributed by atoms with Gasteiger partial charge in [0.1, 0.15) is 11.5 Å². The number of rotatable bonds is 2. The van der Waals surface area contributed by atoms with Gasteiger partial charge in [-0.15, -0.1) is 0 Å². The molecule has 0 aromatic carbocycles. The first-order valence-electron chi connectivity index (χ1n) is 4.73. The zero-order valence-electron chi connectivity index (χ0n) is 8.62. The van der Waals surface area contributed by atoms with Gasteiger partial charge in [-0.1, -0.05) is 0 Å². The number of amides is 1. The Balaban J connectivity index is 2.18.